The van der Waals surface area contributed by atoms with Crippen LogP contribution in [0.5, 0.6) is 11.5 Å². The molecule has 1 heterocycles. The molecule has 172 valence electrons. The predicted octanol–water partition coefficient (Wildman–Crippen LogP) is 5.36. The summed E-state index contributed by atoms with van der Waals surface area (Å²) in [6.45, 7) is 0. The van der Waals surface area contributed by atoms with Crippen molar-refractivity contribution in [3.63, 3.8) is 0 Å². The van der Waals surface area contributed by atoms with Crippen LogP contribution in [0.3, 0.4) is 0 Å². The van der Waals surface area contributed by atoms with Crippen molar-refractivity contribution in [2.75, 3.05) is 19.5 Å². The topological polar surface area (TPSA) is 92.4 Å². The fourth-order valence-corrected chi connectivity index (χ4v) is 3.89. The summed E-state index contributed by atoms with van der Waals surface area (Å²) in [4.78, 5) is 29.4. The summed E-state index contributed by atoms with van der Waals surface area (Å²) in [6, 6.07) is 19.7. The van der Waals surface area contributed by atoms with Gasteiger partial charge in [0.15, 0.2) is 0 Å². The highest BCUT2D eigenvalue weighted by Crippen LogP contribution is 2.27. The zero-order valence-electron chi connectivity index (χ0n) is 18.5. The Morgan fingerprint density at radius 2 is 1.79 bits per heavy atom. The highest BCUT2D eigenvalue weighted by Gasteiger charge is 2.18. The SMILES string of the molecule is COc1ccc(OC)c(/C=C(/NC(=O)c2ccccc2Br)C(=O)Nc2ccc3cc[nH]c3c2)c1. The molecule has 0 atom stereocenters. The van der Waals surface area contributed by atoms with E-state index in [1.807, 2.05) is 30.5 Å². The van der Waals surface area contributed by atoms with E-state index in [2.05, 4.69) is 31.5 Å². The van der Waals surface area contributed by atoms with Crippen LogP contribution in [-0.4, -0.2) is 31.0 Å². The molecule has 3 N–H and O–H groups in total. The summed E-state index contributed by atoms with van der Waals surface area (Å²) in [6.07, 6.45) is 3.38. The summed E-state index contributed by atoms with van der Waals surface area (Å²) in [7, 11) is 3.08. The van der Waals surface area contributed by atoms with Gasteiger partial charge in [-0.15, -0.1) is 0 Å². The molecule has 0 bridgehead atoms. The molecule has 0 aliphatic heterocycles. The van der Waals surface area contributed by atoms with Crippen molar-refractivity contribution in [2.45, 2.75) is 0 Å². The molecule has 34 heavy (non-hydrogen) atoms. The van der Waals surface area contributed by atoms with Gasteiger partial charge in [0.25, 0.3) is 11.8 Å². The van der Waals surface area contributed by atoms with Gasteiger partial charge in [0.1, 0.15) is 17.2 Å². The Morgan fingerprint density at radius 1 is 0.971 bits per heavy atom. The molecule has 1 aromatic heterocycles. The zero-order valence-corrected chi connectivity index (χ0v) is 20.1. The van der Waals surface area contributed by atoms with E-state index in [1.165, 1.54) is 7.11 Å². The number of ether oxygens (including phenoxy) is 2. The monoisotopic (exact) mass is 519 g/mol. The maximum absolute atomic E-state index is 13.3. The highest BCUT2D eigenvalue weighted by atomic mass is 79.9. The van der Waals surface area contributed by atoms with E-state index < -0.39 is 11.8 Å². The molecule has 0 aliphatic carbocycles. The average molecular weight is 520 g/mol. The Kier molecular flexibility index (Phi) is 6.98. The number of hydrogen-bond donors (Lipinski definition) is 3. The second-order valence-electron chi connectivity index (χ2n) is 7.33. The number of amides is 2. The standard InChI is InChI=1S/C26H22BrN3O4/c1-33-19-9-10-24(34-2)17(13-19)14-23(30-25(31)20-5-3-4-6-21(20)27)26(32)29-18-8-7-16-11-12-28-22(16)15-18/h3-15,28H,1-2H3,(H,29,32)(H,30,31)/b23-14+. The first-order valence-corrected chi connectivity index (χ1v) is 11.2. The smallest absolute Gasteiger partial charge is 0.272 e. The molecule has 0 aliphatic rings. The minimum atomic E-state index is -0.490. The van der Waals surface area contributed by atoms with E-state index in [0.29, 0.717) is 32.8 Å². The second kappa shape index (κ2) is 10.3. The Hall–Kier alpha value is -4.04. The molecule has 2 amide bonds. The number of aromatic amines is 1. The molecule has 0 fully saturated rings. The summed E-state index contributed by atoms with van der Waals surface area (Å²) in [5.41, 5.74) is 2.47. The maximum atomic E-state index is 13.3. The van der Waals surface area contributed by atoms with Gasteiger partial charge >= 0.3 is 0 Å². The van der Waals surface area contributed by atoms with Gasteiger partial charge < -0.3 is 25.1 Å². The first-order valence-electron chi connectivity index (χ1n) is 10.4. The number of hydrogen-bond acceptors (Lipinski definition) is 4. The lowest BCUT2D eigenvalue weighted by molar-refractivity contribution is -0.113. The number of nitrogens with one attached hydrogen (secondary N) is 3. The molecule has 0 saturated carbocycles. The number of methoxy groups -OCH3 is 2. The van der Waals surface area contributed by atoms with Gasteiger partial charge in [-0.2, -0.15) is 0 Å². The number of fused-ring (bicyclic) bond motifs is 1. The summed E-state index contributed by atoms with van der Waals surface area (Å²) >= 11 is 3.38. The molecule has 3 aromatic carbocycles. The minimum absolute atomic E-state index is 0.0406. The number of carbonyl (C=O) groups excluding carboxylic acids is 2. The summed E-state index contributed by atoms with van der Waals surface area (Å²) < 4.78 is 11.4. The Bertz CT molecular complexity index is 1390. The molecule has 4 rings (SSSR count). The van der Waals surface area contributed by atoms with Crippen LogP contribution in [-0.2, 0) is 4.79 Å². The van der Waals surface area contributed by atoms with Gasteiger partial charge in [-0.05, 0) is 75.9 Å². The van der Waals surface area contributed by atoms with E-state index in [9.17, 15) is 9.59 Å². The number of benzene rings is 3. The molecule has 8 heteroatoms. The van der Waals surface area contributed by atoms with Gasteiger partial charge in [-0.1, -0.05) is 18.2 Å². The lowest BCUT2D eigenvalue weighted by Crippen LogP contribution is -2.31. The third-order valence-electron chi connectivity index (χ3n) is 5.16. The van der Waals surface area contributed by atoms with Crippen molar-refractivity contribution in [1.29, 1.82) is 0 Å². The van der Waals surface area contributed by atoms with Crippen molar-refractivity contribution in [2.24, 2.45) is 0 Å². The van der Waals surface area contributed by atoms with Crippen LogP contribution in [0.15, 0.2) is 83.1 Å². The number of anilines is 1. The molecule has 0 unspecified atom stereocenters. The van der Waals surface area contributed by atoms with Gasteiger partial charge in [0.05, 0.1) is 19.8 Å². The van der Waals surface area contributed by atoms with Crippen molar-refractivity contribution in [3.05, 3.63) is 94.2 Å². The van der Waals surface area contributed by atoms with Gasteiger partial charge in [-0.25, -0.2) is 0 Å². The third-order valence-corrected chi connectivity index (χ3v) is 5.85. The molecular formula is C26H22BrN3O4. The largest absolute Gasteiger partial charge is 0.497 e. The number of carbonyl (C=O) groups is 2. The Labute approximate surface area is 204 Å². The molecule has 7 nitrogen and oxygen atoms in total. The van der Waals surface area contributed by atoms with Crippen LogP contribution in [0.25, 0.3) is 17.0 Å². The van der Waals surface area contributed by atoms with E-state index in [4.69, 9.17) is 9.47 Å². The predicted molar refractivity (Wildman–Crippen MR) is 136 cm³/mol. The van der Waals surface area contributed by atoms with Crippen LogP contribution in [0.4, 0.5) is 5.69 Å². The first-order chi connectivity index (χ1) is 16.5. The van der Waals surface area contributed by atoms with Crippen molar-refractivity contribution < 1.29 is 19.1 Å². The maximum Gasteiger partial charge on any atom is 0.272 e. The van der Waals surface area contributed by atoms with Crippen LogP contribution >= 0.6 is 15.9 Å². The lowest BCUT2D eigenvalue weighted by atomic mass is 10.1. The number of halogens is 1. The van der Waals surface area contributed by atoms with Crippen molar-refractivity contribution >= 4 is 50.4 Å². The van der Waals surface area contributed by atoms with Gasteiger partial charge in [-0.3, -0.25) is 9.59 Å². The van der Waals surface area contributed by atoms with Gasteiger partial charge in [0, 0.05) is 27.4 Å². The lowest BCUT2D eigenvalue weighted by Gasteiger charge is -2.14. The molecule has 0 spiro atoms. The summed E-state index contributed by atoms with van der Waals surface area (Å²) in [5.74, 6) is 0.182. The molecular weight excluding hydrogens is 498 g/mol. The summed E-state index contributed by atoms with van der Waals surface area (Å²) in [5, 5.41) is 6.62. The average Bonchev–Trinajstić information content (AvgIpc) is 3.31. The van der Waals surface area contributed by atoms with Crippen molar-refractivity contribution in [1.82, 2.24) is 10.3 Å². The van der Waals surface area contributed by atoms with Crippen LogP contribution in [0.1, 0.15) is 15.9 Å². The molecule has 4 aromatic rings. The highest BCUT2D eigenvalue weighted by molar-refractivity contribution is 9.10. The van der Waals surface area contributed by atoms with Crippen LogP contribution in [0, 0.1) is 0 Å². The molecule has 0 radical (unpaired) electrons. The van der Waals surface area contributed by atoms with E-state index in [1.54, 1.807) is 55.7 Å². The number of rotatable bonds is 7. The third kappa shape index (κ3) is 5.13. The normalized spacial score (nSPS) is 11.2. The quantitative estimate of drug-likeness (QED) is 0.286. The van der Waals surface area contributed by atoms with E-state index >= 15 is 0 Å². The first kappa shape index (κ1) is 23.1. The van der Waals surface area contributed by atoms with E-state index in [0.717, 1.165) is 10.9 Å². The molecule has 0 saturated heterocycles. The number of aromatic nitrogens is 1. The minimum Gasteiger partial charge on any atom is -0.497 e. The Balaban J connectivity index is 1.71. The van der Waals surface area contributed by atoms with Gasteiger partial charge in [0.2, 0.25) is 0 Å². The second-order valence-corrected chi connectivity index (χ2v) is 8.19. The number of H-pyrrole nitrogens is 1. The van der Waals surface area contributed by atoms with Crippen molar-refractivity contribution in [3.8, 4) is 11.5 Å². The fourth-order valence-electron chi connectivity index (χ4n) is 3.43. The van der Waals surface area contributed by atoms with Crippen LogP contribution in [0.2, 0.25) is 0 Å². The Morgan fingerprint density at radius 3 is 2.56 bits per heavy atom. The fraction of sp³-hybridized carbons (Fsp3) is 0.0769. The zero-order chi connectivity index (χ0) is 24.1. The van der Waals surface area contributed by atoms with E-state index in [-0.39, 0.29) is 5.70 Å². The van der Waals surface area contributed by atoms with Crippen LogP contribution < -0.4 is 20.1 Å².